The van der Waals surface area contributed by atoms with Crippen molar-refractivity contribution in [3.05, 3.63) is 57.0 Å². The average Bonchev–Trinajstić information content (AvgIpc) is 2.61. The zero-order valence-corrected chi connectivity index (χ0v) is 14.4. The van der Waals surface area contributed by atoms with Crippen molar-refractivity contribution in [2.45, 2.75) is 18.9 Å². The molecule has 3 nitrogen and oxygen atoms in total. The highest BCUT2D eigenvalue weighted by atomic mass is 79.9. The van der Waals surface area contributed by atoms with E-state index in [0.29, 0.717) is 0 Å². The summed E-state index contributed by atoms with van der Waals surface area (Å²) in [5.74, 6) is 0.00905. The molecule has 2 N–H and O–H groups in total. The second kappa shape index (κ2) is 6.20. The fraction of sp³-hybridized carbons (Fsp3) is 0.188. The van der Waals surface area contributed by atoms with Crippen molar-refractivity contribution in [3.63, 3.8) is 0 Å². The highest BCUT2D eigenvalue weighted by Gasteiger charge is 2.23. The van der Waals surface area contributed by atoms with Gasteiger partial charge in [-0.15, -0.1) is 0 Å². The second-order valence-corrected chi connectivity index (χ2v) is 6.78. The lowest BCUT2D eigenvalue weighted by atomic mass is 10.1. The van der Waals surface area contributed by atoms with E-state index in [-0.39, 0.29) is 11.9 Å². The van der Waals surface area contributed by atoms with Gasteiger partial charge in [0.1, 0.15) is 6.04 Å². The minimum atomic E-state index is -0.241. The molecule has 0 saturated heterocycles. The number of nitrogens with one attached hydrogen (secondary N) is 2. The summed E-state index contributed by atoms with van der Waals surface area (Å²) >= 11 is 6.95. The Morgan fingerprint density at radius 2 is 1.95 bits per heavy atom. The van der Waals surface area contributed by atoms with Gasteiger partial charge in [0.2, 0.25) is 5.91 Å². The Morgan fingerprint density at radius 1 is 1.14 bits per heavy atom. The van der Waals surface area contributed by atoms with Crippen LogP contribution in [0.15, 0.2) is 51.4 Å². The van der Waals surface area contributed by atoms with Crippen LogP contribution in [0, 0.1) is 0 Å². The molecule has 5 heteroatoms. The first-order valence-corrected chi connectivity index (χ1v) is 8.32. The van der Waals surface area contributed by atoms with Crippen LogP contribution in [0.1, 0.15) is 12.0 Å². The lowest BCUT2D eigenvalue weighted by molar-refractivity contribution is -0.116. The molecule has 21 heavy (non-hydrogen) atoms. The van der Waals surface area contributed by atoms with E-state index in [1.165, 1.54) is 5.56 Å². The number of hydrogen-bond acceptors (Lipinski definition) is 2. The molecule has 1 aliphatic rings. The van der Waals surface area contributed by atoms with Gasteiger partial charge in [0.05, 0.1) is 0 Å². The molecule has 3 rings (SSSR count). The predicted octanol–water partition coefficient (Wildman–Crippen LogP) is 4.58. The summed E-state index contributed by atoms with van der Waals surface area (Å²) in [6, 6.07) is 13.6. The topological polar surface area (TPSA) is 41.1 Å². The molecule has 108 valence electrons. The van der Waals surface area contributed by atoms with Gasteiger partial charge in [-0.1, -0.05) is 34.1 Å². The van der Waals surface area contributed by atoms with Crippen LogP contribution in [0.4, 0.5) is 11.4 Å². The van der Waals surface area contributed by atoms with E-state index in [9.17, 15) is 4.79 Å². The molecule has 1 aliphatic heterocycles. The number of hydrogen-bond donors (Lipinski definition) is 2. The first-order valence-electron chi connectivity index (χ1n) is 6.74. The maximum absolute atomic E-state index is 12.4. The smallest absolute Gasteiger partial charge is 0.246 e. The van der Waals surface area contributed by atoms with Crippen molar-refractivity contribution in [2.75, 3.05) is 10.6 Å². The minimum absolute atomic E-state index is 0.00905. The van der Waals surface area contributed by atoms with Crippen LogP contribution in [0.2, 0.25) is 0 Å². The van der Waals surface area contributed by atoms with E-state index in [2.05, 4.69) is 48.6 Å². The Bertz CT molecular complexity index is 688. The third-order valence-electron chi connectivity index (χ3n) is 3.55. The lowest BCUT2D eigenvalue weighted by Crippen LogP contribution is -2.33. The number of carbonyl (C=O) groups excluding carboxylic acids is 1. The van der Waals surface area contributed by atoms with Crippen molar-refractivity contribution < 1.29 is 4.79 Å². The molecular formula is C16H14Br2N2O. The SMILES string of the molecule is O=C1Nc2ccccc2CCC1Nc1ccc(Br)cc1Br. The average molecular weight is 410 g/mol. The second-order valence-electron chi connectivity index (χ2n) is 5.01. The van der Waals surface area contributed by atoms with E-state index in [4.69, 9.17) is 0 Å². The molecule has 1 atom stereocenters. The van der Waals surface area contributed by atoms with Gasteiger partial charge in [-0.3, -0.25) is 4.79 Å². The maximum atomic E-state index is 12.4. The third-order valence-corrected chi connectivity index (χ3v) is 4.70. The molecule has 2 aromatic carbocycles. The van der Waals surface area contributed by atoms with Crippen LogP contribution in [-0.2, 0) is 11.2 Å². The molecular weight excluding hydrogens is 396 g/mol. The summed E-state index contributed by atoms with van der Waals surface area (Å²) in [6.07, 6.45) is 1.64. The van der Waals surface area contributed by atoms with Gasteiger partial charge < -0.3 is 10.6 Å². The zero-order valence-electron chi connectivity index (χ0n) is 11.2. The molecule has 0 radical (unpaired) electrons. The quantitative estimate of drug-likeness (QED) is 0.762. The molecule has 0 aliphatic carbocycles. The number of rotatable bonds is 2. The highest BCUT2D eigenvalue weighted by Crippen LogP contribution is 2.29. The van der Waals surface area contributed by atoms with Gasteiger partial charge in [-0.2, -0.15) is 0 Å². The van der Waals surface area contributed by atoms with E-state index in [1.54, 1.807) is 0 Å². The molecule has 2 aromatic rings. The molecule has 0 aromatic heterocycles. The van der Waals surface area contributed by atoms with Gasteiger partial charge in [-0.05, 0) is 58.6 Å². The maximum Gasteiger partial charge on any atom is 0.246 e. The predicted molar refractivity (Wildman–Crippen MR) is 92.6 cm³/mol. The highest BCUT2D eigenvalue weighted by molar-refractivity contribution is 9.11. The number of fused-ring (bicyclic) bond motifs is 1. The molecule has 1 unspecified atom stereocenters. The van der Waals surface area contributed by atoms with Crippen molar-refractivity contribution in [2.24, 2.45) is 0 Å². The van der Waals surface area contributed by atoms with E-state index in [0.717, 1.165) is 33.2 Å². The zero-order chi connectivity index (χ0) is 14.8. The number of aryl methyl sites for hydroxylation is 1. The summed E-state index contributed by atoms with van der Waals surface area (Å²) in [5, 5.41) is 6.32. The van der Waals surface area contributed by atoms with E-state index in [1.807, 2.05) is 36.4 Å². The monoisotopic (exact) mass is 408 g/mol. The summed E-state index contributed by atoms with van der Waals surface area (Å²) in [4.78, 5) is 12.4. The number of anilines is 2. The Labute approximate surface area is 140 Å². The summed E-state index contributed by atoms with van der Waals surface area (Å²) in [7, 11) is 0. The number of para-hydroxylation sites is 1. The standard InChI is InChI=1S/C16H14Br2N2O/c17-11-6-8-14(12(18)9-11)19-15-7-5-10-3-1-2-4-13(10)20-16(15)21/h1-4,6,8-9,15,19H,5,7H2,(H,20,21). The first-order chi connectivity index (χ1) is 10.1. The van der Waals surface area contributed by atoms with E-state index >= 15 is 0 Å². The van der Waals surface area contributed by atoms with Crippen LogP contribution >= 0.6 is 31.9 Å². The molecule has 0 fully saturated rings. The van der Waals surface area contributed by atoms with Crippen LogP contribution < -0.4 is 10.6 Å². The molecule has 0 bridgehead atoms. The summed E-state index contributed by atoms with van der Waals surface area (Å²) in [6.45, 7) is 0. The van der Waals surface area contributed by atoms with E-state index < -0.39 is 0 Å². The van der Waals surface area contributed by atoms with Gasteiger partial charge in [0, 0.05) is 20.3 Å². The van der Waals surface area contributed by atoms with Gasteiger partial charge in [0.25, 0.3) is 0 Å². The third kappa shape index (κ3) is 3.30. The van der Waals surface area contributed by atoms with Crippen molar-refractivity contribution >= 4 is 49.1 Å². The fourth-order valence-electron chi connectivity index (χ4n) is 2.44. The largest absolute Gasteiger partial charge is 0.373 e. The minimum Gasteiger partial charge on any atom is -0.373 e. The fourth-order valence-corrected chi connectivity index (χ4v) is 3.60. The van der Waals surface area contributed by atoms with Crippen LogP contribution in [0.3, 0.4) is 0 Å². The van der Waals surface area contributed by atoms with Gasteiger partial charge in [0.15, 0.2) is 0 Å². The number of benzene rings is 2. The number of carbonyl (C=O) groups is 1. The molecule has 0 saturated carbocycles. The van der Waals surface area contributed by atoms with Crippen LogP contribution in [-0.4, -0.2) is 11.9 Å². The molecule has 1 heterocycles. The Hall–Kier alpha value is -1.33. The van der Waals surface area contributed by atoms with Crippen LogP contribution in [0.25, 0.3) is 0 Å². The van der Waals surface area contributed by atoms with Gasteiger partial charge in [-0.25, -0.2) is 0 Å². The molecule has 0 spiro atoms. The number of halogens is 2. The van der Waals surface area contributed by atoms with Gasteiger partial charge >= 0.3 is 0 Å². The Kier molecular flexibility index (Phi) is 4.31. The van der Waals surface area contributed by atoms with Crippen molar-refractivity contribution in [3.8, 4) is 0 Å². The molecule has 1 amide bonds. The van der Waals surface area contributed by atoms with Crippen LogP contribution in [0.5, 0.6) is 0 Å². The number of amides is 1. The lowest BCUT2D eigenvalue weighted by Gasteiger charge is -2.17. The Balaban J connectivity index is 1.80. The summed E-state index contributed by atoms with van der Waals surface area (Å²) in [5.41, 5.74) is 3.02. The van der Waals surface area contributed by atoms with Crippen molar-refractivity contribution in [1.82, 2.24) is 0 Å². The Morgan fingerprint density at radius 3 is 2.76 bits per heavy atom. The van der Waals surface area contributed by atoms with Crippen molar-refractivity contribution in [1.29, 1.82) is 0 Å². The summed E-state index contributed by atoms with van der Waals surface area (Å²) < 4.78 is 1.93. The first kappa shape index (κ1) is 14.6. The normalized spacial score (nSPS) is 17.6.